The van der Waals surface area contributed by atoms with E-state index in [0.29, 0.717) is 32.1 Å². The number of hydrogen-bond donors (Lipinski definition) is 1. The fraction of sp³-hybridized carbons (Fsp3) is 0.500. The number of para-hydroxylation sites is 1. The lowest BCUT2D eigenvalue weighted by Crippen LogP contribution is -2.49. The van der Waals surface area contributed by atoms with Gasteiger partial charge in [-0.1, -0.05) is 32.0 Å². The Morgan fingerprint density at radius 3 is 2.48 bits per heavy atom. The SMILES string of the molecule is Cc1cccc(C(C)C)c1NC(=O)N1CCN(C=O)CC1. The summed E-state index contributed by atoms with van der Waals surface area (Å²) < 4.78 is 0. The highest BCUT2D eigenvalue weighted by Crippen LogP contribution is 2.27. The van der Waals surface area contributed by atoms with Gasteiger partial charge in [0.2, 0.25) is 6.41 Å². The second kappa shape index (κ2) is 6.61. The minimum Gasteiger partial charge on any atom is -0.342 e. The highest BCUT2D eigenvalue weighted by atomic mass is 16.2. The van der Waals surface area contributed by atoms with Crippen LogP contribution in [-0.4, -0.2) is 48.4 Å². The lowest BCUT2D eigenvalue weighted by molar-refractivity contribution is -0.119. The summed E-state index contributed by atoms with van der Waals surface area (Å²) in [7, 11) is 0. The number of amides is 3. The Bertz CT molecular complexity index is 520. The van der Waals surface area contributed by atoms with Gasteiger partial charge in [-0.3, -0.25) is 4.79 Å². The van der Waals surface area contributed by atoms with E-state index in [-0.39, 0.29) is 6.03 Å². The van der Waals surface area contributed by atoms with Gasteiger partial charge < -0.3 is 15.1 Å². The van der Waals surface area contributed by atoms with Crippen molar-refractivity contribution in [1.82, 2.24) is 9.80 Å². The smallest absolute Gasteiger partial charge is 0.321 e. The third-order valence-electron chi connectivity index (χ3n) is 3.91. The number of benzene rings is 1. The Kier molecular flexibility index (Phi) is 4.83. The van der Waals surface area contributed by atoms with Gasteiger partial charge in [0.15, 0.2) is 0 Å². The van der Waals surface area contributed by atoms with Gasteiger partial charge in [0, 0.05) is 31.9 Å². The van der Waals surface area contributed by atoms with Crippen molar-refractivity contribution in [3.05, 3.63) is 29.3 Å². The Morgan fingerprint density at radius 1 is 1.24 bits per heavy atom. The van der Waals surface area contributed by atoms with Crippen molar-refractivity contribution in [1.29, 1.82) is 0 Å². The van der Waals surface area contributed by atoms with E-state index in [0.717, 1.165) is 23.2 Å². The van der Waals surface area contributed by atoms with Crippen molar-refractivity contribution in [2.45, 2.75) is 26.7 Å². The maximum absolute atomic E-state index is 12.4. The Morgan fingerprint density at radius 2 is 1.90 bits per heavy atom. The second-order valence-electron chi connectivity index (χ2n) is 5.75. The third kappa shape index (κ3) is 3.54. The molecule has 1 fully saturated rings. The molecule has 1 heterocycles. The first-order chi connectivity index (χ1) is 10.0. The predicted molar refractivity (Wildman–Crippen MR) is 83.5 cm³/mol. The standard InChI is InChI=1S/C16H23N3O2/c1-12(2)14-6-4-5-13(3)15(14)17-16(21)19-9-7-18(11-20)8-10-19/h4-6,11-12H,7-10H2,1-3H3,(H,17,21). The van der Waals surface area contributed by atoms with E-state index in [2.05, 4.69) is 25.2 Å². The van der Waals surface area contributed by atoms with Gasteiger partial charge >= 0.3 is 6.03 Å². The average molecular weight is 289 g/mol. The molecule has 1 aliphatic heterocycles. The summed E-state index contributed by atoms with van der Waals surface area (Å²) >= 11 is 0. The van der Waals surface area contributed by atoms with E-state index in [4.69, 9.17) is 0 Å². The van der Waals surface area contributed by atoms with Crippen molar-refractivity contribution >= 4 is 18.1 Å². The molecule has 1 N–H and O–H groups in total. The van der Waals surface area contributed by atoms with Crippen LogP contribution in [0.15, 0.2) is 18.2 Å². The van der Waals surface area contributed by atoms with E-state index in [1.54, 1.807) is 9.80 Å². The molecule has 0 bridgehead atoms. The van der Waals surface area contributed by atoms with Crippen LogP contribution in [0, 0.1) is 6.92 Å². The normalized spacial score (nSPS) is 15.2. The molecule has 1 aromatic rings. The van der Waals surface area contributed by atoms with Gasteiger partial charge in [-0.15, -0.1) is 0 Å². The molecule has 5 nitrogen and oxygen atoms in total. The number of carbonyl (C=O) groups is 2. The van der Waals surface area contributed by atoms with E-state index in [9.17, 15) is 9.59 Å². The molecule has 1 aromatic carbocycles. The number of anilines is 1. The molecule has 0 unspecified atom stereocenters. The van der Waals surface area contributed by atoms with Crippen LogP contribution in [-0.2, 0) is 4.79 Å². The second-order valence-corrected chi connectivity index (χ2v) is 5.75. The molecule has 3 amide bonds. The number of nitrogens with one attached hydrogen (secondary N) is 1. The first-order valence-corrected chi connectivity index (χ1v) is 7.37. The molecule has 21 heavy (non-hydrogen) atoms. The first kappa shape index (κ1) is 15.4. The molecule has 2 rings (SSSR count). The molecular formula is C16H23N3O2. The molecular weight excluding hydrogens is 266 g/mol. The molecule has 0 radical (unpaired) electrons. The summed E-state index contributed by atoms with van der Waals surface area (Å²) in [6, 6.07) is 5.99. The average Bonchev–Trinajstić information content (AvgIpc) is 2.49. The van der Waals surface area contributed by atoms with Gasteiger partial charge in [-0.25, -0.2) is 4.79 Å². The van der Waals surface area contributed by atoms with Gasteiger partial charge in [0.1, 0.15) is 0 Å². The Balaban J connectivity index is 2.08. The van der Waals surface area contributed by atoms with Crippen molar-refractivity contribution in [3.8, 4) is 0 Å². The summed E-state index contributed by atoms with van der Waals surface area (Å²) in [5.41, 5.74) is 3.13. The fourth-order valence-electron chi connectivity index (χ4n) is 2.56. The molecule has 0 atom stereocenters. The highest BCUT2D eigenvalue weighted by molar-refractivity contribution is 5.91. The topological polar surface area (TPSA) is 52.7 Å². The summed E-state index contributed by atoms with van der Waals surface area (Å²) in [5.74, 6) is 0.354. The van der Waals surface area contributed by atoms with Crippen LogP contribution in [0.1, 0.15) is 30.9 Å². The minimum absolute atomic E-state index is 0.0863. The summed E-state index contributed by atoms with van der Waals surface area (Å²) in [6.07, 6.45) is 0.841. The van der Waals surface area contributed by atoms with Gasteiger partial charge in [-0.05, 0) is 24.0 Å². The monoisotopic (exact) mass is 289 g/mol. The number of piperazine rings is 1. The first-order valence-electron chi connectivity index (χ1n) is 7.37. The number of nitrogens with zero attached hydrogens (tertiary/aromatic N) is 2. The summed E-state index contributed by atoms with van der Waals surface area (Å²) in [5, 5.41) is 3.04. The Labute approximate surface area is 125 Å². The van der Waals surface area contributed by atoms with Crippen molar-refractivity contribution in [3.63, 3.8) is 0 Å². The molecule has 5 heteroatoms. The highest BCUT2D eigenvalue weighted by Gasteiger charge is 2.21. The number of carbonyl (C=O) groups excluding carboxylic acids is 2. The zero-order valence-corrected chi connectivity index (χ0v) is 12.9. The lowest BCUT2D eigenvalue weighted by Gasteiger charge is -2.33. The molecule has 0 aliphatic carbocycles. The zero-order valence-electron chi connectivity index (χ0n) is 12.9. The predicted octanol–water partition coefficient (Wildman–Crippen LogP) is 2.42. The van der Waals surface area contributed by atoms with E-state index >= 15 is 0 Å². The molecule has 0 spiro atoms. The molecule has 1 aliphatic rings. The Hall–Kier alpha value is -2.04. The summed E-state index contributed by atoms with van der Waals surface area (Å²) in [6.45, 7) is 8.59. The maximum Gasteiger partial charge on any atom is 0.321 e. The molecule has 1 saturated heterocycles. The van der Waals surface area contributed by atoms with Gasteiger partial charge in [0.25, 0.3) is 0 Å². The van der Waals surface area contributed by atoms with Crippen LogP contribution in [0.4, 0.5) is 10.5 Å². The quantitative estimate of drug-likeness (QED) is 0.869. The van der Waals surface area contributed by atoms with Crippen molar-refractivity contribution in [2.24, 2.45) is 0 Å². The third-order valence-corrected chi connectivity index (χ3v) is 3.91. The molecule has 0 aromatic heterocycles. The number of aryl methyl sites for hydroxylation is 1. The van der Waals surface area contributed by atoms with E-state index in [1.165, 1.54) is 0 Å². The summed E-state index contributed by atoms with van der Waals surface area (Å²) in [4.78, 5) is 26.5. The van der Waals surface area contributed by atoms with Crippen LogP contribution in [0.2, 0.25) is 0 Å². The van der Waals surface area contributed by atoms with Crippen LogP contribution in [0.5, 0.6) is 0 Å². The largest absolute Gasteiger partial charge is 0.342 e. The number of urea groups is 1. The van der Waals surface area contributed by atoms with Crippen molar-refractivity contribution in [2.75, 3.05) is 31.5 Å². The van der Waals surface area contributed by atoms with Crippen LogP contribution < -0.4 is 5.32 Å². The number of rotatable bonds is 3. The van der Waals surface area contributed by atoms with E-state index < -0.39 is 0 Å². The van der Waals surface area contributed by atoms with Crippen molar-refractivity contribution < 1.29 is 9.59 Å². The molecule has 0 saturated carbocycles. The number of hydrogen-bond acceptors (Lipinski definition) is 2. The van der Waals surface area contributed by atoms with Crippen LogP contribution in [0.3, 0.4) is 0 Å². The van der Waals surface area contributed by atoms with Crippen LogP contribution >= 0.6 is 0 Å². The minimum atomic E-state index is -0.0863. The fourth-order valence-corrected chi connectivity index (χ4v) is 2.56. The van der Waals surface area contributed by atoms with Gasteiger partial charge in [-0.2, -0.15) is 0 Å². The lowest BCUT2D eigenvalue weighted by atomic mass is 9.98. The van der Waals surface area contributed by atoms with Crippen LogP contribution in [0.25, 0.3) is 0 Å². The molecule has 114 valence electrons. The zero-order chi connectivity index (χ0) is 15.4. The van der Waals surface area contributed by atoms with E-state index in [1.807, 2.05) is 19.1 Å². The van der Waals surface area contributed by atoms with Gasteiger partial charge in [0.05, 0.1) is 0 Å². The maximum atomic E-state index is 12.4.